The molecular formula is C16H25ClN2. The molecule has 0 amide bonds. The average Bonchev–Trinajstić information content (AvgIpc) is 2.45. The summed E-state index contributed by atoms with van der Waals surface area (Å²) in [6.45, 7) is 7.45. The molecule has 0 saturated carbocycles. The van der Waals surface area contributed by atoms with E-state index in [0.717, 1.165) is 24.7 Å². The minimum absolute atomic E-state index is 0.647. The first-order chi connectivity index (χ1) is 9.27. The van der Waals surface area contributed by atoms with Crippen molar-refractivity contribution in [2.24, 2.45) is 0 Å². The van der Waals surface area contributed by atoms with E-state index in [1.165, 1.54) is 36.9 Å². The molecule has 1 aromatic rings. The summed E-state index contributed by atoms with van der Waals surface area (Å²) in [5, 5.41) is 4.32. The van der Waals surface area contributed by atoms with Gasteiger partial charge in [-0.25, -0.2) is 0 Å². The van der Waals surface area contributed by atoms with Gasteiger partial charge in [0.1, 0.15) is 0 Å². The maximum absolute atomic E-state index is 6.49. The molecule has 1 heterocycles. The molecule has 1 fully saturated rings. The Morgan fingerprint density at radius 3 is 2.89 bits per heavy atom. The van der Waals surface area contributed by atoms with E-state index in [1.807, 2.05) is 6.07 Å². The van der Waals surface area contributed by atoms with Crippen molar-refractivity contribution in [3.8, 4) is 0 Å². The highest BCUT2D eigenvalue weighted by molar-refractivity contribution is 6.33. The third-order valence-corrected chi connectivity index (χ3v) is 4.33. The standard InChI is InChI=1S/C16H25ClN2/c1-3-14-9-5-6-11-19(14)16-13(12-18-4-2)8-7-10-15(16)17/h7-8,10,14,18H,3-6,9,11-12H2,1-2H3. The fourth-order valence-corrected chi connectivity index (χ4v) is 3.31. The van der Waals surface area contributed by atoms with E-state index in [4.69, 9.17) is 11.6 Å². The van der Waals surface area contributed by atoms with Crippen molar-refractivity contribution in [2.75, 3.05) is 18.0 Å². The number of anilines is 1. The summed E-state index contributed by atoms with van der Waals surface area (Å²) >= 11 is 6.49. The van der Waals surface area contributed by atoms with Gasteiger partial charge in [-0.3, -0.25) is 0 Å². The quantitative estimate of drug-likeness (QED) is 0.869. The molecule has 1 saturated heterocycles. The maximum Gasteiger partial charge on any atom is 0.0643 e. The number of hydrogen-bond acceptors (Lipinski definition) is 2. The lowest BCUT2D eigenvalue weighted by Crippen LogP contribution is -2.40. The van der Waals surface area contributed by atoms with Crippen LogP contribution in [0.25, 0.3) is 0 Å². The largest absolute Gasteiger partial charge is 0.367 e. The molecule has 2 nitrogen and oxygen atoms in total. The fourth-order valence-electron chi connectivity index (χ4n) is 3.00. The lowest BCUT2D eigenvalue weighted by atomic mass is 9.98. The zero-order valence-electron chi connectivity index (χ0n) is 12.1. The molecule has 0 spiro atoms. The number of rotatable bonds is 5. The van der Waals surface area contributed by atoms with E-state index in [1.54, 1.807) is 0 Å². The molecule has 0 bridgehead atoms. The van der Waals surface area contributed by atoms with E-state index in [0.29, 0.717) is 6.04 Å². The number of benzene rings is 1. The lowest BCUT2D eigenvalue weighted by molar-refractivity contribution is 0.448. The molecule has 1 aliphatic rings. The molecule has 1 unspecified atom stereocenters. The monoisotopic (exact) mass is 280 g/mol. The molecule has 2 rings (SSSR count). The highest BCUT2D eigenvalue weighted by Crippen LogP contribution is 2.35. The topological polar surface area (TPSA) is 15.3 Å². The normalized spacial score (nSPS) is 19.7. The molecule has 1 N–H and O–H groups in total. The lowest BCUT2D eigenvalue weighted by Gasteiger charge is -2.39. The van der Waals surface area contributed by atoms with Crippen LogP contribution in [-0.4, -0.2) is 19.1 Å². The molecule has 19 heavy (non-hydrogen) atoms. The second-order valence-electron chi connectivity index (χ2n) is 5.28. The van der Waals surface area contributed by atoms with Gasteiger partial charge in [-0.15, -0.1) is 0 Å². The van der Waals surface area contributed by atoms with Crippen molar-refractivity contribution >= 4 is 17.3 Å². The van der Waals surface area contributed by atoms with Crippen molar-refractivity contribution < 1.29 is 0 Å². The zero-order chi connectivity index (χ0) is 13.7. The van der Waals surface area contributed by atoms with Crippen LogP contribution in [0.15, 0.2) is 18.2 Å². The number of halogens is 1. The van der Waals surface area contributed by atoms with Crippen molar-refractivity contribution in [2.45, 2.75) is 52.1 Å². The number of piperidine rings is 1. The van der Waals surface area contributed by atoms with E-state index >= 15 is 0 Å². The Morgan fingerprint density at radius 1 is 1.32 bits per heavy atom. The van der Waals surface area contributed by atoms with Crippen LogP contribution >= 0.6 is 11.6 Å². The minimum Gasteiger partial charge on any atom is -0.367 e. The summed E-state index contributed by atoms with van der Waals surface area (Å²) in [6, 6.07) is 6.93. The van der Waals surface area contributed by atoms with Gasteiger partial charge >= 0.3 is 0 Å². The second-order valence-corrected chi connectivity index (χ2v) is 5.69. The summed E-state index contributed by atoms with van der Waals surface area (Å²) in [7, 11) is 0. The fraction of sp³-hybridized carbons (Fsp3) is 0.625. The molecule has 3 heteroatoms. The van der Waals surface area contributed by atoms with Crippen LogP contribution in [0.5, 0.6) is 0 Å². The third kappa shape index (κ3) is 3.43. The van der Waals surface area contributed by atoms with E-state index in [2.05, 4.69) is 36.2 Å². The van der Waals surface area contributed by atoms with Gasteiger partial charge in [0.05, 0.1) is 10.7 Å². The summed E-state index contributed by atoms with van der Waals surface area (Å²) < 4.78 is 0. The molecule has 0 aliphatic carbocycles. The first-order valence-electron chi connectivity index (χ1n) is 7.52. The van der Waals surface area contributed by atoms with E-state index in [9.17, 15) is 0 Å². The van der Waals surface area contributed by atoms with Gasteiger partial charge in [-0.05, 0) is 43.9 Å². The van der Waals surface area contributed by atoms with E-state index < -0.39 is 0 Å². The van der Waals surface area contributed by atoms with E-state index in [-0.39, 0.29) is 0 Å². The first kappa shape index (κ1) is 14.7. The minimum atomic E-state index is 0.647. The Kier molecular flexibility index (Phi) is 5.53. The van der Waals surface area contributed by atoms with Crippen LogP contribution in [-0.2, 0) is 6.54 Å². The zero-order valence-corrected chi connectivity index (χ0v) is 12.8. The van der Waals surface area contributed by atoms with Gasteiger partial charge in [0, 0.05) is 19.1 Å². The average molecular weight is 281 g/mol. The van der Waals surface area contributed by atoms with Gasteiger partial charge in [0.2, 0.25) is 0 Å². The van der Waals surface area contributed by atoms with Gasteiger partial charge < -0.3 is 10.2 Å². The Hall–Kier alpha value is -0.730. The number of nitrogens with zero attached hydrogens (tertiary/aromatic N) is 1. The van der Waals surface area contributed by atoms with Gasteiger partial charge in [0.25, 0.3) is 0 Å². The van der Waals surface area contributed by atoms with Crippen LogP contribution < -0.4 is 10.2 Å². The number of hydrogen-bond donors (Lipinski definition) is 1. The molecule has 0 aromatic heterocycles. The molecule has 106 valence electrons. The van der Waals surface area contributed by atoms with Gasteiger partial charge in [0.15, 0.2) is 0 Å². The summed E-state index contributed by atoms with van der Waals surface area (Å²) in [6.07, 6.45) is 5.12. The predicted octanol–water partition coefficient (Wildman–Crippen LogP) is 4.22. The molecule has 1 aromatic carbocycles. The first-order valence-corrected chi connectivity index (χ1v) is 7.90. The Labute approximate surface area is 122 Å². The summed E-state index contributed by atoms with van der Waals surface area (Å²) in [5.41, 5.74) is 2.59. The molecule has 1 atom stereocenters. The SMILES string of the molecule is CCNCc1cccc(Cl)c1N1CCCCC1CC. The Morgan fingerprint density at radius 2 is 2.16 bits per heavy atom. The highest BCUT2D eigenvalue weighted by atomic mass is 35.5. The smallest absolute Gasteiger partial charge is 0.0643 e. The van der Waals surface area contributed by atoms with Crippen molar-refractivity contribution in [1.29, 1.82) is 0 Å². The third-order valence-electron chi connectivity index (χ3n) is 4.02. The van der Waals surface area contributed by atoms with Gasteiger partial charge in [-0.1, -0.05) is 37.6 Å². The van der Waals surface area contributed by atoms with Crippen LogP contribution in [0.2, 0.25) is 5.02 Å². The van der Waals surface area contributed by atoms with Crippen molar-refractivity contribution in [3.05, 3.63) is 28.8 Å². The Balaban J connectivity index is 2.30. The predicted molar refractivity (Wildman–Crippen MR) is 84.1 cm³/mol. The van der Waals surface area contributed by atoms with Crippen molar-refractivity contribution in [1.82, 2.24) is 5.32 Å². The van der Waals surface area contributed by atoms with Crippen molar-refractivity contribution in [3.63, 3.8) is 0 Å². The van der Waals surface area contributed by atoms with Crippen LogP contribution in [0, 0.1) is 0 Å². The van der Waals surface area contributed by atoms with Crippen LogP contribution in [0.1, 0.15) is 45.1 Å². The highest BCUT2D eigenvalue weighted by Gasteiger charge is 2.24. The van der Waals surface area contributed by atoms with Crippen LogP contribution in [0.4, 0.5) is 5.69 Å². The number of nitrogens with one attached hydrogen (secondary N) is 1. The summed E-state index contributed by atoms with van der Waals surface area (Å²) in [4.78, 5) is 2.54. The Bertz CT molecular complexity index is 406. The second kappa shape index (κ2) is 7.16. The van der Waals surface area contributed by atoms with Gasteiger partial charge in [-0.2, -0.15) is 0 Å². The molecule has 0 radical (unpaired) electrons. The van der Waals surface area contributed by atoms with Crippen LogP contribution in [0.3, 0.4) is 0 Å². The molecule has 1 aliphatic heterocycles. The maximum atomic E-state index is 6.49. The molecular weight excluding hydrogens is 256 g/mol. The summed E-state index contributed by atoms with van der Waals surface area (Å²) in [5.74, 6) is 0. The number of para-hydroxylation sites is 1.